The average molecular weight is 403 g/mol. The third kappa shape index (κ3) is 4.43. The van der Waals surface area contributed by atoms with Crippen LogP contribution in [0.4, 0.5) is 0 Å². The molecule has 3 aromatic rings. The highest BCUT2D eigenvalue weighted by atomic mass is 32.2. The standard InChI is InChI=1S/C20H22N2O3S2/c1-4-25-14-9-10-16-18(13-14)27-20(22(16)11-12-24-2)21-19(23)15-7-5-6-8-17(15)26-3/h5-10,13H,4,11-12H2,1-3H3. The molecule has 5 nitrogen and oxygen atoms in total. The average Bonchev–Trinajstić information content (AvgIpc) is 3.02. The first kappa shape index (κ1) is 19.7. The van der Waals surface area contributed by atoms with Gasteiger partial charge in [0.25, 0.3) is 5.91 Å². The predicted octanol–water partition coefficient (Wildman–Crippen LogP) is 4.21. The summed E-state index contributed by atoms with van der Waals surface area (Å²) >= 11 is 3.03. The van der Waals surface area contributed by atoms with E-state index in [1.165, 1.54) is 11.3 Å². The van der Waals surface area contributed by atoms with Crippen molar-refractivity contribution in [2.45, 2.75) is 18.4 Å². The molecule has 1 heterocycles. The molecule has 0 saturated heterocycles. The second-order valence-electron chi connectivity index (χ2n) is 5.71. The monoisotopic (exact) mass is 402 g/mol. The number of hydrogen-bond acceptors (Lipinski definition) is 5. The van der Waals surface area contributed by atoms with Gasteiger partial charge < -0.3 is 14.0 Å². The summed E-state index contributed by atoms with van der Waals surface area (Å²) in [6, 6.07) is 13.5. The molecule has 0 unspecified atom stereocenters. The lowest BCUT2D eigenvalue weighted by atomic mass is 10.2. The number of fused-ring (bicyclic) bond motifs is 1. The number of ether oxygens (including phenoxy) is 2. The third-order valence-electron chi connectivity index (χ3n) is 4.02. The first-order valence-corrected chi connectivity index (χ1v) is 10.7. The van der Waals surface area contributed by atoms with Crippen molar-refractivity contribution in [1.29, 1.82) is 0 Å². The smallest absolute Gasteiger partial charge is 0.280 e. The van der Waals surface area contributed by atoms with Crippen LogP contribution in [0.3, 0.4) is 0 Å². The van der Waals surface area contributed by atoms with Gasteiger partial charge >= 0.3 is 0 Å². The van der Waals surface area contributed by atoms with Gasteiger partial charge in [0, 0.05) is 18.6 Å². The molecule has 0 N–H and O–H groups in total. The number of hydrogen-bond donors (Lipinski definition) is 0. The molecule has 7 heteroatoms. The summed E-state index contributed by atoms with van der Waals surface area (Å²) in [5.74, 6) is 0.582. The number of thiazole rings is 1. The number of carbonyl (C=O) groups excluding carboxylic acids is 1. The zero-order valence-corrected chi connectivity index (χ0v) is 17.2. The largest absolute Gasteiger partial charge is 0.494 e. The van der Waals surface area contributed by atoms with Gasteiger partial charge in [0.2, 0.25) is 0 Å². The fraction of sp³-hybridized carbons (Fsp3) is 0.300. The highest BCUT2D eigenvalue weighted by Gasteiger charge is 2.12. The molecule has 3 rings (SSSR count). The van der Waals surface area contributed by atoms with Gasteiger partial charge in [-0.2, -0.15) is 4.99 Å². The molecule has 0 aliphatic carbocycles. The van der Waals surface area contributed by atoms with Crippen LogP contribution in [0.5, 0.6) is 5.75 Å². The lowest BCUT2D eigenvalue weighted by Gasteiger charge is -2.06. The molecule has 0 bridgehead atoms. The van der Waals surface area contributed by atoms with Crippen LogP contribution in [-0.2, 0) is 11.3 Å². The summed E-state index contributed by atoms with van der Waals surface area (Å²) in [6.45, 7) is 3.74. The maximum absolute atomic E-state index is 12.8. The number of carbonyl (C=O) groups is 1. The van der Waals surface area contributed by atoms with Gasteiger partial charge in [-0.3, -0.25) is 4.79 Å². The van der Waals surface area contributed by atoms with Gasteiger partial charge in [0.05, 0.1) is 29.0 Å². The first-order chi connectivity index (χ1) is 13.2. The van der Waals surface area contributed by atoms with Crippen molar-refractivity contribution in [1.82, 2.24) is 4.57 Å². The van der Waals surface area contributed by atoms with Gasteiger partial charge in [0.15, 0.2) is 4.80 Å². The Morgan fingerprint density at radius 2 is 2.07 bits per heavy atom. The maximum atomic E-state index is 12.8. The summed E-state index contributed by atoms with van der Waals surface area (Å²) in [7, 11) is 1.67. The molecule has 0 saturated carbocycles. The highest BCUT2D eigenvalue weighted by molar-refractivity contribution is 7.98. The van der Waals surface area contributed by atoms with E-state index in [1.807, 2.05) is 60.2 Å². The molecular formula is C20H22N2O3S2. The molecule has 2 aromatic carbocycles. The van der Waals surface area contributed by atoms with E-state index in [9.17, 15) is 4.79 Å². The molecule has 0 aliphatic rings. The molecule has 0 radical (unpaired) electrons. The van der Waals surface area contributed by atoms with Gasteiger partial charge in [-0.1, -0.05) is 23.5 Å². The summed E-state index contributed by atoms with van der Waals surface area (Å²) in [4.78, 5) is 18.8. The zero-order chi connectivity index (χ0) is 19.2. The Labute approximate surface area is 166 Å². The second-order valence-corrected chi connectivity index (χ2v) is 7.57. The number of aromatic nitrogens is 1. The Morgan fingerprint density at radius 3 is 2.81 bits per heavy atom. The fourth-order valence-electron chi connectivity index (χ4n) is 2.76. The first-order valence-electron chi connectivity index (χ1n) is 8.65. The van der Waals surface area contributed by atoms with E-state index in [0.717, 1.165) is 20.9 Å². The van der Waals surface area contributed by atoms with E-state index in [4.69, 9.17) is 9.47 Å². The molecular weight excluding hydrogens is 380 g/mol. The zero-order valence-electron chi connectivity index (χ0n) is 15.6. The van der Waals surface area contributed by atoms with Crippen LogP contribution in [-0.4, -0.2) is 37.1 Å². The topological polar surface area (TPSA) is 52.8 Å². The molecule has 0 aliphatic heterocycles. The number of thioether (sulfide) groups is 1. The lowest BCUT2D eigenvalue weighted by molar-refractivity contribution is 0.0994. The minimum absolute atomic E-state index is 0.234. The van der Waals surface area contributed by atoms with Crippen molar-refractivity contribution in [3.63, 3.8) is 0 Å². The summed E-state index contributed by atoms with van der Waals surface area (Å²) in [5, 5.41) is 0. The quantitative estimate of drug-likeness (QED) is 0.556. The van der Waals surface area contributed by atoms with E-state index in [0.29, 0.717) is 30.1 Å². The van der Waals surface area contributed by atoms with Crippen LogP contribution < -0.4 is 9.54 Å². The van der Waals surface area contributed by atoms with Crippen LogP contribution >= 0.6 is 23.1 Å². The van der Waals surface area contributed by atoms with Crippen LogP contribution in [0.2, 0.25) is 0 Å². The van der Waals surface area contributed by atoms with Crippen molar-refractivity contribution < 1.29 is 14.3 Å². The van der Waals surface area contributed by atoms with Crippen LogP contribution in [0.1, 0.15) is 17.3 Å². The third-order valence-corrected chi connectivity index (χ3v) is 5.86. The van der Waals surface area contributed by atoms with Crippen LogP contribution in [0.15, 0.2) is 52.4 Å². The molecule has 1 amide bonds. The SMILES string of the molecule is CCOc1ccc2c(c1)sc(=NC(=O)c1ccccc1SC)n2CCOC. The van der Waals surface area contributed by atoms with Gasteiger partial charge in [0.1, 0.15) is 5.75 Å². The van der Waals surface area contributed by atoms with Crippen molar-refractivity contribution in [2.24, 2.45) is 4.99 Å². The minimum atomic E-state index is -0.234. The fourth-order valence-corrected chi connectivity index (χ4v) is 4.44. The number of methoxy groups -OCH3 is 1. The Bertz CT molecular complexity index is 1010. The second kappa shape index (κ2) is 9.21. The van der Waals surface area contributed by atoms with Gasteiger partial charge in [-0.15, -0.1) is 11.8 Å². The van der Waals surface area contributed by atoms with Crippen molar-refractivity contribution >= 4 is 39.2 Å². The molecule has 0 atom stereocenters. The van der Waals surface area contributed by atoms with E-state index in [-0.39, 0.29) is 5.91 Å². The van der Waals surface area contributed by atoms with Crippen molar-refractivity contribution in [3.8, 4) is 5.75 Å². The van der Waals surface area contributed by atoms with Gasteiger partial charge in [-0.25, -0.2) is 0 Å². The van der Waals surface area contributed by atoms with Gasteiger partial charge in [-0.05, 0) is 43.5 Å². The highest BCUT2D eigenvalue weighted by Crippen LogP contribution is 2.24. The normalized spacial score (nSPS) is 11.9. The molecule has 0 spiro atoms. The summed E-state index contributed by atoms with van der Waals surface area (Å²) < 4.78 is 13.9. The maximum Gasteiger partial charge on any atom is 0.280 e. The van der Waals surface area contributed by atoms with E-state index in [1.54, 1.807) is 18.9 Å². The Hall–Kier alpha value is -2.09. The number of amides is 1. The van der Waals surface area contributed by atoms with E-state index in [2.05, 4.69) is 4.99 Å². The number of nitrogens with zero attached hydrogens (tertiary/aromatic N) is 2. The molecule has 27 heavy (non-hydrogen) atoms. The van der Waals surface area contributed by atoms with Crippen molar-refractivity contribution in [3.05, 3.63) is 52.8 Å². The van der Waals surface area contributed by atoms with Crippen molar-refractivity contribution in [2.75, 3.05) is 26.6 Å². The van der Waals surface area contributed by atoms with Crippen LogP contribution in [0.25, 0.3) is 10.2 Å². The number of rotatable bonds is 7. The summed E-state index contributed by atoms with van der Waals surface area (Å²) in [6.07, 6.45) is 1.96. The molecule has 142 valence electrons. The summed E-state index contributed by atoms with van der Waals surface area (Å²) in [5.41, 5.74) is 1.64. The molecule has 0 fully saturated rings. The molecule has 1 aromatic heterocycles. The Morgan fingerprint density at radius 1 is 1.26 bits per heavy atom. The Balaban J connectivity index is 2.10. The predicted molar refractivity (Wildman–Crippen MR) is 111 cm³/mol. The van der Waals surface area contributed by atoms with E-state index < -0.39 is 0 Å². The minimum Gasteiger partial charge on any atom is -0.494 e. The van der Waals surface area contributed by atoms with E-state index >= 15 is 0 Å². The van der Waals surface area contributed by atoms with Crippen LogP contribution in [0, 0.1) is 0 Å². The number of benzene rings is 2. The lowest BCUT2D eigenvalue weighted by Crippen LogP contribution is -2.19. The Kier molecular flexibility index (Phi) is 6.71.